The van der Waals surface area contributed by atoms with Crippen molar-refractivity contribution in [2.24, 2.45) is 117 Å². The summed E-state index contributed by atoms with van der Waals surface area (Å²) < 4.78 is 0. The van der Waals surface area contributed by atoms with Gasteiger partial charge in [0.1, 0.15) is 75.2 Å². The number of rotatable bonds is 44. The van der Waals surface area contributed by atoms with Crippen LogP contribution in [0.4, 0.5) is 0 Å². The van der Waals surface area contributed by atoms with Crippen molar-refractivity contribution in [3.63, 3.8) is 0 Å². The summed E-state index contributed by atoms with van der Waals surface area (Å²) in [5.41, 5.74) is 11.8. The fourth-order valence-electron chi connectivity index (χ4n) is 15.2. The van der Waals surface area contributed by atoms with E-state index in [4.69, 9.17) is 11.5 Å². The van der Waals surface area contributed by atoms with Gasteiger partial charge in [0.15, 0.2) is 5.96 Å². The van der Waals surface area contributed by atoms with Crippen LogP contribution in [0.1, 0.15) is 251 Å². The van der Waals surface area contributed by atoms with Crippen molar-refractivity contribution in [1.82, 2.24) is 14.7 Å². The summed E-state index contributed by atoms with van der Waals surface area (Å²) in [4.78, 5) is 235. The summed E-state index contributed by atoms with van der Waals surface area (Å²) in [6.07, 6.45) is -1.05. The Bertz CT molecular complexity index is 3450. The maximum absolute atomic E-state index is 15.0. The van der Waals surface area contributed by atoms with Gasteiger partial charge in [0.25, 0.3) is 0 Å². The van der Waals surface area contributed by atoms with Gasteiger partial charge in [-0.25, -0.2) is 0 Å². The first-order valence-electron chi connectivity index (χ1n) is 42.2. The van der Waals surface area contributed by atoms with Crippen molar-refractivity contribution in [2.45, 2.75) is 258 Å². The number of hydrogen-bond acceptors (Lipinski definition) is 21. The maximum atomic E-state index is 15.0. The van der Waals surface area contributed by atoms with Gasteiger partial charge in [0.2, 0.25) is 17.7 Å². The molecular formula is C89H144N6O17S5. The Labute approximate surface area is 725 Å². The molecule has 0 spiro atoms. The minimum atomic E-state index is -1.33. The molecule has 0 saturated carbocycles. The molecule has 28 heteroatoms. The second-order valence-corrected chi connectivity index (χ2v) is 38.3. The van der Waals surface area contributed by atoms with Crippen LogP contribution in [0.3, 0.4) is 0 Å². The molecule has 2 heterocycles. The summed E-state index contributed by atoms with van der Waals surface area (Å²) >= 11 is 4.06. The number of aliphatic hydroxyl groups excluding tert-OH is 1. The van der Waals surface area contributed by atoms with E-state index in [-0.39, 0.29) is 267 Å². The number of carbonyl (C=O) groups excluding carboxylic acids is 16. The van der Waals surface area contributed by atoms with Crippen LogP contribution in [0.25, 0.3) is 0 Å². The van der Waals surface area contributed by atoms with Gasteiger partial charge in [-0.2, -0.15) is 62.3 Å². The van der Waals surface area contributed by atoms with E-state index in [0.717, 1.165) is 5.56 Å². The molecule has 23 nitrogen and oxygen atoms in total. The molecule has 3 amide bonds. The fourth-order valence-corrected chi connectivity index (χ4v) is 18.5. The highest BCUT2D eigenvalue weighted by atomic mass is 32.2. The SMILES string of the molecule is CCC(=O)[C@@H](C)CC(=O)[C@@H](CCCCN=C(N)N)CC(=O)[C@H](CC(=O)[C@H](CC(=O)[C@H](CC(=O)[C@@H](C)CC(=O)[C@H]1CSCCC(=O)N2CN(C(=O)CCSC[C@@H](CC(=O)CC(C)C)C(C)=O)CN(C2)C(=O)CCSC[C@@H](CC(C)C)C(=O)C[C@H](C(C)C)C(=O)CC(C)C(=O)C[C@H](C(C)C)C(=O)C1)CC(C)C)Cc1ccccc1)C(C)O.S.S. The predicted octanol–water partition coefficient (Wildman–Crippen LogP) is 13.1. The summed E-state index contributed by atoms with van der Waals surface area (Å²) in [5, 5.41) is 11.2. The molecule has 1 aromatic rings. The van der Waals surface area contributed by atoms with Gasteiger partial charge in [-0.1, -0.05) is 134 Å². The highest BCUT2D eigenvalue weighted by Gasteiger charge is 2.40. The molecule has 2 unspecified atom stereocenters. The number of benzene rings is 1. The van der Waals surface area contributed by atoms with Crippen LogP contribution in [0, 0.1) is 101 Å². The van der Waals surface area contributed by atoms with Crippen molar-refractivity contribution in [2.75, 3.05) is 61.1 Å². The Morgan fingerprint density at radius 3 is 1.64 bits per heavy atom. The molecule has 0 aromatic heterocycles. The second-order valence-electron chi connectivity index (χ2n) is 34.9. The molecule has 662 valence electrons. The number of aliphatic imine (C=N–C) groups is 1. The first kappa shape index (κ1) is 109. The van der Waals surface area contributed by atoms with Crippen molar-refractivity contribution < 1.29 is 81.8 Å². The van der Waals surface area contributed by atoms with Crippen molar-refractivity contribution in [1.29, 1.82) is 0 Å². The molecule has 1 aromatic carbocycles. The zero-order valence-corrected chi connectivity index (χ0v) is 77.5. The van der Waals surface area contributed by atoms with Crippen LogP contribution < -0.4 is 11.5 Å². The van der Waals surface area contributed by atoms with Crippen molar-refractivity contribution >= 4 is 161 Å². The van der Waals surface area contributed by atoms with Crippen molar-refractivity contribution in [3.8, 4) is 0 Å². The van der Waals surface area contributed by atoms with E-state index in [2.05, 4.69) is 4.99 Å². The largest absolute Gasteiger partial charge is 0.393 e. The molecule has 2 aliphatic rings. The Hall–Kier alpha value is -5.68. The third-order valence-electron chi connectivity index (χ3n) is 22.5. The monoisotopic (exact) mass is 1730 g/mol. The molecule has 5 N–H and O–H groups in total. The molecule has 117 heavy (non-hydrogen) atoms. The minimum Gasteiger partial charge on any atom is -0.393 e. The van der Waals surface area contributed by atoms with Crippen LogP contribution in [0.15, 0.2) is 35.3 Å². The number of guanidine groups is 1. The number of fused-ring (bicyclic) bond motifs is 2. The Balaban J connectivity index is 0.0000342. The van der Waals surface area contributed by atoms with E-state index in [1.807, 2.05) is 67.5 Å². The van der Waals surface area contributed by atoms with E-state index in [9.17, 15) is 77.0 Å². The Kier molecular flexibility index (Phi) is 53.1. The fraction of sp³-hybridized carbons (Fsp3) is 0.742. The van der Waals surface area contributed by atoms with Crippen LogP contribution in [0.2, 0.25) is 0 Å². The normalized spacial score (nSPS) is 20.4. The topological polar surface area (TPSA) is 367 Å². The lowest BCUT2D eigenvalue weighted by atomic mass is 9.77. The molecule has 2 bridgehead atoms. The number of unbranched alkanes of at least 4 members (excludes halogenated alkanes) is 1. The lowest BCUT2D eigenvalue weighted by Gasteiger charge is -2.42. The zero-order chi connectivity index (χ0) is 86.5. The molecule has 13 atom stereocenters. The molecular weight excluding hydrogens is 1590 g/mol. The molecule has 0 aliphatic carbocycles. The third kappa shape index (κ3) is 41.2. The highest BCUT2D eigenvalue weighted by molar-refractivity contribution is 7.99. The van der Waals surface area contributed by atoms with Gasteiger partial charge in [-0.3, -0.25) is 81.7 Å². The number of ketones is 13. The molecule has 2 saturated heterocycles. The van der Waals surface area contributed by atoms with E-state index in [1.54, 1.807) is 59.7 Å². The first-order valence-corrected chi connectivity index (χ1v) is 45.7. The van der Waals surface area contributed by atoms with Gasteiger partial charge >= 0.3 is 0 Å². The Morgan fingerprint density at radius 1 is 0.564 bits per heavy atom. The molecule has 2 fully saturated rings. The molecule has 0 radical (unpaired) electrons. The van der Waals surface area contributed by atoms with E-state index in [0.29, 0.717) is 55.2 Å². The standard InChI is InChI=1S/C89H140N6O17S3.2H2S/c1-17-75(99)59(12)36-78(102)65(25-21-22-29-92-89(90)91)41-85(109)74(63(16)97)47-81(105)67(39-64-23-19-18-20-24-64)43-80(104)66(33-54(2)3)42-76(100)60(13)37-79(103)70-44-84(108)72(57(8)9)45-77(101)61(14)38-83(107)73(58(10)11)46-82(106)69(34-55(4)5)49-114-31-27-87(111)94-51-93(52-95(53-94)88(112)28-32-115-50-70)86(110)26-30-113-48-68(62(15)96)40-71(98)35-56(6)7;;/h18-20,23-24,54-61,63,65-70,72-74,97H,17,21-22,25-53H2,1-16H3,(H4,90,91,92);2*1H2/t59-,60-,61?,63?,65-,66-,67-,68+,69+,70+,72+,73+,74+;;/m0../s1. The lowest BCUT2D eigenvalue weighted by Crippen LogP contribution is -2.59. The quantitative estimate of drug-likeness (QED) is 0.0310. The zero-order valence-electron chi connectivity index (χ0n) is 73.1. The van der Waals surface area contributed by atoms with E-state index < -0.39 is 113 Å². The van der Waals surface area contributed by atoms with E-state index in [1.165, 1.54) is 63.8 Å². The van der Waals surface area contributed by atoms with Crippen molar-refractivity contribution in [3.05, 3.63) is 35.9 Å². The lowest BCUT2D eigenvalue weighted by molar-refractivity contribution is -0.158. The van der Waals surface area contributed by atoms with Gasteiger partial charge in [-0.05, 0) is 81.1 Å². The van der Waals surface area contributed by atoms with Crippen LogP contribution >= 0.6 is 62.3 Å². The molecule has 2 aliphatic heterocycles. The number of nitrogens with two attached hydrogens (primary N) is 2. The van der Waals surface area contributed by atoms with Crippen LogP contribution in [0.5, 0.6) is 0 Å². The van der Waals surface area contributed by atoms with Gasteiger partial charge < -0.3 is 31.3 Å². The number of hydrogen-bond donors (Lipinski definition) is 3. The number of Topliss-reactive ketones (excluding diaryl/α,β-unsaturated/α-hetero) is 13. The number of carbonyl (C=O) groups is 16. The third-order valence-corrected chi connectivity index (χ3v) is 25.9. The minimum absolute atomic E-state index is 0. The summed E-state index contributed by atoms with van der Waals surface area (Å²) in [5.74, 6) is -13.7. The predicted molar refractivity (Wildman–Crippen MR) is 477 cm³/mol. The number of thioether (sulfide) groups is 3. The maximum Gasteiger partial charge on any atom is 0.226 e. The number of amides is 3. The number of nitrogens with zero attached hydrogens (tertiary/aromatic N) is 4. The number of aliphatic hydroxyl groups is 1. The van der Waals surface area contributed by atoms with Crippen LogP contribution in [-0.4, -0.2) is 186 Å². The highest BCUT2D eigenvalue weighted by Crippen LogP contribution is 2.34. The second kappa shape index (κ2) is 56.8. The van der Waals surface area contributed by atoms with Gasteiger partial charge in [0.05, 0.1) is 32.0 Å². The van der Waals surface area contributed by atoms with Gasteiger partial charge in [0, 0.05) is 209 Å². The Morgan fingerprint density at radius 2 is 1.10 bits per heavy atom. The first-order chi connectivity index (χ1) is 54.0. The van der Waals surface area contributed by atoms with Gasteiger partial charge in [-0.15, -0.1) is 0 Å². The van der Waals surface area contributed by atoms with E-state index >= 15 is 4.79 Å². The molecule has 3 rings (SSSR count). The summed E-state index contributed by atoms with van der Waals surface area (Å²) in [6, 6.07) is 9.00. The summed E-state index contributed by atoms with van der Waals surface area (Å²) in [6.45, 7) is 28.4. The average Bonchev–Trinajstić information content (AvgIpc) is 0.837. The smallest absolute Gasteiger partial charge is 0.226 e. The average molecular weight is 1730 g/mol. The van der Waals surface area contributed by atoms with Crippen LogP contribution in [-0.2, 0) is 83.1 Å². The summed E-state index contributed by atoms with van der Waals surface area (Å²) in [7, 11) is 0.